The van der Waals surface area contributed by atoms with Crippen LogP contribution in [0, 0.1) is 0 Å². The highest BCUT2D eigenvalue weighted by Gasteiger charge is 2.31. The number of hydrogen-bond donors (Lipinski definition) is 1. The van der Waals surface area contributed by atoms with Gasteiger partial charge in [0.2, 0.25) is 11.8 Å². The molecular formula is C18H18F3N3O4. The maximum Gasteiger partial charge on any atom is 0.417 e. The molecule has 0 aliphatic rings. The van der Waals surface area contributed by atoms with Crippen molar-refractivity contribution in [2.24, 2.45) is 5.73 Å². The van der Waals surface area contributed by atoms with E-state index in [9.17, 15) is 27.6 Å². The van der Waals surface area contributed by atoms with Crippen molar-refractivity contribution < 1.29 is 27.5 Å². The van der Waals surface area contributed by atoms with E-state index in [0.717, 1.165) is 11.0 Å². The summed E-state index contributed by atoms with van der Waals surface area (Å²) in [7, 11) is 1.38. The number of carbonyl (C=O) groups is 2. The Morgan fingerprint density at radius 2 is 1.86 bits per heavy atom. The van der Waals surface area contributed by atoms with E-state index in [1.807, 2.05) is 0 Å². The third-order valence-electron chi connectivity index (χ3n) is 3.88. The lowest BCUT2D eigenvalue weighted by Gasteiger charge is -2.24. The molecule has 0 fully saturated rings. The SMILES string of the molecule is COc1ccccc1N(CCC(N)=O)C(=O)Cn1cc(C(F)(F)F)ccc1=O. The molecule has 10 heteroatoms. The number of halogens is 3. The lowest BCUT2D eigenvalue weighted by atomic mass is 10.2. The fraction of sp³-hybridized carbons (Fsp3) is 0.278. The van der Waals surface area contributed by atoms with Crippen LogP contribution in [0.25, 0.3) is 0 Å². The van der Waals surface area contributed by atoms with Gasteiger partial charge in [0.15, 0.2) is 0 Å². The molecule has 1 heterocycles. The molecule has 0 aliphatic heterocycles. The molecule has 0 saturated carbocycles. The largest absolute Gasteiger partial charge is 0.495 e. The number of primary amides is 1. The molecule has 1 aromatic heterocycles. The van der Waals surface area contributed by atoms with Crippen LogP contribution in [0.2, 0.25) is 0 Å². The molecule has 7 nitrogen and oxygen atoms in total. The standard InChI is InChI=1S/C18H18F3N3O4/c1-28-14-5-3-2-4-13(14)24(9-8-15(22)25)17(27)11-23-10-12(18(19,20)21)6-7-16(23)26/h2-7,10H,8-9,11H2,1H3,(H2,22,25). The van der Waals surface area contributed by atoms with Crippen LogP contribution in [0.1, 0.15) is 12.0 Å². The fourth-order valence-electron chi connectivity index (χ4n) is 2.51. The van der Waals surface area contributed by atoms with E-state index in [1.165, 1.54) is 7.11 Å². The molecule has 2 amide bonds. The van der Waals surface area contributed by atoms with Crippen molar-refractivity contribution in [3.8, 4) is 5.75 Å². The fourth-order valence-corrected chi connectivity index (χ4v) is 2.51. The van der Waals surface area contributed by atoms with Gasteiger partial charge in [-0.1, -0.05) is 12.1 Å². The summed E-state index contributed by atoms with van der Waals surface area (Å²) in [5, 5.41) is 0. The Morgan fingerprint density at radius 3 is 2.46 bits per heavy atom. The number of benzene rings is 1. The number of methoxy groups -OCH3 is 1. The molecule has 0 atom stereocenters. The molecule has 0 radical (unpaired) electrons. The van der Waals surface area contributed by atoms with Gasteiger partial charge in [0.1, 0.15) is 12.3 Å². The van der Waals surface area contributed by atoms with E-state index in [4.69, 9.17) is 10.5 Å². The summed E-state index contributed by atoms with van der Waals surface area (Å²) in [5.74, 6) is -1.05. The molecule has 0 spiro atoms. The summed E-state index contributed by atoms with van der Waals surface area (Å²) in [6.07, 6.45) is -4.26. The first-order chi connectivity index (χ1) is 13.1. The topological polar surface area (TPSA) is 94.6 Å². The van der Waals surface area contributed by atoms with E-state index in [0.29, 0.717) is 28.3 Å². The van der Waals surface area contributed by atoms with Crippen LogP contribution in [-0.2, 0) is 22.3 Å². The van der Waals surface area contributed by atoms with Crippen molar-refractivity contribution >= 4 is 17.5 Å². The van der Waals surface area contributed by atoms with Crippen LogP contribution < -0.4 is 20.9 Å². The number of ether oxygens (including phenoxy) is 1. The third-order valence-corrected chi connectivity index (χ3v) is 3.88. The van der Waals surface area contributed by atoms with Gasteiger partial charge in [-0.2, -0.15) is 13.2 Å². The number of pyridine rings is 1. The number of alkyl halides is 3. The van der Waals surface area contributed by atoms with E-state index in [1.54, 1.807) is 24.3 Å². The molecule has 1 aromatic carbocycles. The van der Waals surface area contributed by atoms with Gasteiger partial charge in [-0.15, -0.1) is 0 Å². The Kier molecular flexibility index (Phi) is 6.45. The van der Waals surface area contributed by atoms with Gasteiger partial charge in [0, 0.05) is 25.2 Å². The number of amides is 2. The molecular weight excluding hydrogens is 379 g/mol. The Bertz CT molecular complexity index is 925. The van der Waals surface area contributed by atoms with Crippen LogP contribution in [-0.4, -0.2) is 30.0 Å². The predicted octanol–water partition coefficient (Wildman–Crippen LogP) is 1.78. The Balaban J connectivity index is 2.38. The number of para-hydroxylation sites is 2. The van der Waals surface area contributed by atoms with Crippen molar-refractivity contribution in [1.82, 2.24) is 4.57 Å². The summed E-state index contributed by atoms with van der Waals surface area (Å²) >= 11 is 0. The minimum absolute atomic E-state index is 0.123. The lowest BCUT2D eigenvalue weighted by Crippen LogP contribution is -2.38. The highest BCUT2D eigenvalue weighted by atomic mass is 19.4. The van der Waals surface area contributed by atoms with Gasteiger partial charge in [0.05, 0.1) is 18.4 Å². The van der Waals surface area contributed by atoms with Crippen LogP contribution in [0.4, 0.5) is 18.9 Å². The van der Waals surface area contributed by atoms with Gasteiger partial charge < -0.3 is 19.9 Å². The minimum Gasteiger partial charge on any atom is -0.495 e. The average Bonchev–Trinajstić information content (AvgIpc) is 2.63. The molecule has 2 rings (SSSR count). The first kappa shape index (κ1) is 21.0. The van der Waals surface area contributed by atoms with Crippen LogP contribution in [0.5, 0.6) is 5.75 Å². The maximum absolute atomic E-state index is 12.9. The van der Waals surface area contributed by atoms with Gasteiger partial charge in [-0.3, -0.25) is 14.4 Å². The monoisotopic (exact) mass is 397 g/mol. The summed E-state index contributed by atoms with van der Waals surface area (Å²) in [5.41, 5.74) is 3.63. The zero-order chi connectivity index (χ0) is 20.9. The van der Waals surface area contributed by atoms with Crippen molar-refractivity contribution in [2.75, 3.05) is 18.6 Å². The zero-order valence-electron chi connectivity index (χ0n) is 14.9. The van der Waals surface area contributed by atoms with Crippen molar-refractivity contribution in [2.45, 2.75) is 19.1 Å². The molecule has 0 unspecified atom stereocenters. The van der Waals surface area contributed by atoms with E-state index in [2.05, 4.69) is 0 Å². The normalized spacial score (nSPS) is 11.1. The van der Waals surface area contributed by atoms with E-state index in [-0.39, 0.29) is 13.0 Å². The number of aromatic nitrogens is 1. The number of rotatable bonds is 7. The van der Waals surface area contributed by atoms with Gasteiger partial charge >= 0.3 is 6.18 Å². The lowest BCUT2D eigenvalue weighted by molar-refractivity contribution is -0.138. The molecule has 0 aliphatic carbocycles. The van der Waals surface area contributed by atoms with E-state index < -0.39 is 35.7 Å². The summed E-state index contributed by atoms with van der Waals surface area (Å²) < 4.78 is 44.5. The number of anilines is 1. The van der Waals surface area contributed by atoms with Crippen LogP contribution in [0.15, 0.2) is 47.4 Å². The van der Waals surface area contributed by atoms with E-state index >= 15 is 0 Å². The van der Waals surface area contributed by atoms with Gasteiger partial charge in [0.25, 0.3) is 5.56 Å². The molecule has 0 saturated heterocycles. The second-order valence-corrected chi connectivity index (χ2v) is 5.82. The predicted molar refractivity (Wildman–Crippen MR) is 94.9 cm³/mol. The van der Waals surface area contributed by atoms with Crippen molar-refractivity contribution in [1.29, 1.82) is 0 Å². The number of carbonyl (C=O) groups excluding carboxylic acids is 2. The Morgan fingerprint density at radius 1 is 1.18 bits per heavy atom. The second kappa shape index (κ2) is 8.59. The number of nitrogens with two attached hydrogens (primary N) is 1. The van der Waals surface area contributed by atoms with Crippen LogP contribution in [0.3, 0.4) is 0 Å². The maximum atomic E-state index is 12.9. The first-order valence-corrected chi connectivity index (χ1v) is 8.13. The molecule has 2 aromatic rings. The number of hydrogen-bond acceptors (Lipinski definition) is 4. The second-order valence-electron chi connectivity index (χ2n) is 5.82. The molecule has 0 bridgehead atoms. The molecule has 150 valence electrons. The first-order valence-electron chi connectivity index (χ1n) is 8.13. The minimum atomic E-state index is -4.66. The smallest absolute Gasteiger partial charge is 0.417 e. The Hall–Kier alpha value is -3.30. The highest BCUT2D eigenvalue weighted by molar-refractivity contribution is 5.95. The van der Waals surface area contributed by atoms with Crippen molar-refractivity contribution in [3.05, 3.63) is 58.5 Å². The Labute approximate surface area is 158 Å². The molecule has 2 N–H and O–H groups in total. The molecule has 28 heavy (non-hydrogen) atoms. The third kappa shape index (κ3) is 5.12. The summed E-state index contributed by atoms with van der Waals surface area (Å²) in [6, 6.07) is 7.81. The average molecular weight is 397 g/mol. The quantitative estimate of drug-likeness (QED) is 0.771. The van der Waals surface area contributed by atoms with Gasteiger partial charge in [-0.25, -0.2) is 0 Å². The van der Waals surface area contributed by atoms with Gasteiger partial charge in [-0.05, 0) is 18.2 Å². The van der Waals surface area contributed by atoms with Crippen molar-refractivity contribution in [3.63, 3.8) is 0 Å². The zero-order valence-corrected chi connectivity index (χ0v) is 14.9. The summed E-state index contributed by atoms with van der Waals surface area (Å²) in [6.45, 7) is -0.776. The van der Waals surface area contributed by atoms with Crippen LogP contribution >= 0.6 is 0 Å². The summed E-state index contributed by atoms with van der Waals surface area (Å²) in [4.78, 5) is 37.0. The number of nitrogens with zero attached hydrogens (tertiary/aromatic N) is 2. The highest BCUT2D eigenvalue weighted by Crippen LogP contribution is 2.29.